The zero-order valence-corrected chi connectivity index (χ0v) is 10.5. The monoisotopic (exact) mass is 261 g/mol. The molecule has 2 rings (SSSR count). The van der Waals surface area contributed by atoms with E-state index >= 15 is 0 Å². The quantitative estimate of drug-likeness (QED) is 0.915. The van der Waals surface area contributed by atoms with Crippen LogP contribution < -0.4 is 4.90 Å². The smallest absolute Gasteiger partial charge is 0.341 e. The van der Waals surface area contributed by atoms with Gasteiger partial charge in [-0.1, -0.05) is 12.1 Å². The summed E-state index contributed by atoms with van der Waals surface area (Å²) in [6.45, 7) is 0. The number of rotatable bonds is 3. The van der Waals surface area contributed by atoms with Crippen molar-refractivity contribution in [2.24, 2.45) is 0 Å². The van der Waals surface area contributed by atoms with Gasteiger partial charge in [0.25, 0.3) is 0 Å². The lowest BCUT2D eigenvalue weighted by atomic mass is 10.2. The molecule has 1 heterocycles. The van der Waals surface area contributed by atoms with Crippen molar-refractivity contribution in [1.82, 2.24) is 9.97 Å². The van der Waals surface area contributed by atoms with Crippen LogP contribution in [0.1, 0.15) is 10.4 Å². The molecular formula is C13H12FN3O2. The highest BCUT2D eigenvalue weighted by atomic mass is 19.1. The standard InChI is InChI=1S/C13H12FN3O2/c1-17(2)12-9(13(18)19)7-15-11(16-12)8-5-3-4-6-10(8)14/h3-7H,1-2H3,(H,18,19). The summed E-state index contributed by atoms with van der Waals surface area (Å²) in [5, 5.41) is 9.05. The molecular weight excluding hydrogens is 249 g/mol. The van der Waals surface area contributed by atoms with E-state index in [1.807, 2.05) is 0 Å². The Morgan fingerprint density at radius 1 is 1.32 bits per heavy atom. The Bertz CT molecular complexity index is 629. The Hall–Kier alpha value is -2.50. The third kappa shape index (κ3) is 2.52. The zero-order valence-electron chi connectivity index (χ0n) is 10.5. The summed E-state index contributed by atoms with van der Waals surface area (Å²) in [6.07, 6.45) is 1.19. The summed E-state index contributed by atoms with van der Waals surface area (Å²) in [5.41, 5.74) is 0.215. The maximum atomic E-state index is 13.7. The number of aromatic nitrogens is 2. The molecule has 0 aliphatic heterocycles. The third-order valence-electron chi connectivity index (χ3n) is 2.54. The molecule has 1 aromatic heterocycles. The van der Waals surface area contributed by atoms with Gasteiger partial charge in [0.15, 0.2) is 5.82 Å². The lowest BCUT2D eigenvalue weighted by Crippen LogP contribution is -2.16. The molecule has 0 amide bonds. The lowest BCUT2D eigenvalue weighted by Gasteiger charge is -2.14. The molecule has 0 saturated carbocycles. The number of anilines is 1. The topological polar surface area (TPSA) is 66.3 Å². The van der Waals surface area contributed by atoms with Crippen molar-refractivity contribution in [3.63, 3.8) is 0 Å². The fourth-order valence-corrected chi connectivity index (χ4v) is 1.64. The Labute approximate surface area is 109 Å². The molecule has 98 valence electrons. The summed E-state index contributed by atoms with van der Waals surface area (Å²) in [6, 6.07) is 6.09. The number of hydrogen-bond acceptors (Lipinski definition) is 4. The van der Waals surface area contributed by atoms with Gasteiger partial charge in [-0.3, -0.25) is 0 Å². The normalized spacial score (nSPS) is 10.3. The van der Waals surface area contributed by atoms with Crippen LogP contribution in [0.25, 0.3) is 11.4 Å². The van der Waals surface area contributed by atoms with Gasteiger partial charge in [-0.15, -0.1) is 0 Å². The average Bonchev–Trinajstić information content (AvgIpc) is 2.38. The average molecular weight is 261 g/mol. The number of carboxylic acids is 1. The summed E-state index contributed by atoms with van der Waals surface area (Å²) < 4.78 is 13.7. The minimum atomic E-state index is -1.12. The second-order valence-corrected chi connectivity index (χ2v) is 4.11. The largest absolute Gasteiger partial charge is 0.477 e. The van der Waals surface area contributed by atoms with Crippen LogP contribution in [0, 0.1) is 5.82 Å². The number of carbonyl (C=O) groups is 1. The van der Waals surface area contributed by atoms with E-state index in [4.69, 9.17) is 5.11 Å². The second-order valence-electron chi connectivity index (χ2n) is 4.11. The van der Waals surface area contributed by atoms with Gasteiger partial charge in [0.05, 0.1) is 5.56 Å². The van der Waals surface area contributed by atoms with E-state index in [0.717, 1.165) is 0 Å². The highest BCUT2D eigenvalue weighted by molar-refractivity contribution is 5.93. The first kappa shape index (κ1) is 12.9. The van der Waals surface area contributed by atoms with Crippen molar-refractivity contribution in [1.29, 1.82) is 0 Å². The lowest BCUT2D eigenvalue weighted by molar-refractivity contribution is 0.0697. The molecule has 0 aliphatic rings. The maximum Gasteiger partial charge on any atom is 0.341 e. The van der Waals surface area contributed by atoms with E-state index in [1.165, 1.54) is 12.3 Å². The van der Waals surface area contributed by atoms with E-state index in [9.17, 15) is 9.18 Å². The predicted molar refractivity (Wildman–Crippen MR) is 68.7 cm³/mol. The maximum absolute atomic E-state index is 13.7. The van der Waals surface area contributed by atoms with Crippen LogP contribution in [0.4, 0.5) is 10.2 Å². The minimum absolute atomic E-state index is 0.0231. The summed E-state index contributed by atoms with van der Waals surface area (Å²) >= 11 is 0. The van der Waals surface area contributed by atoms with Crippen molar-refractivity contribution >= 4 is 11.8 Å². The van der Waals surface area contributed by atoms with Gasteiger partial charge in [-0.2, -0.15) is 0 Å². The van der Waals surface area contributed by atoms with Gasteiger partial charge >= 0.3 is 5.97 Å². The molecule has 0 bridgehead atoms. The van der Waals surface area contributed by atoms with Crippen LogP contribution in [-0.4, -0.2) is 35.1 Å². The molecule has 19 heavy (non-hydrogen) atoms. The molecule has 0 fully saturated rings. The van der Waals surface area contributed by atoms with Crippen molar-refractivity contribution < 1.29 is 14.3 Å². The van der Waals surface area contributed by atoms with E-state index < -0.39 is 11.8 Å². The van der Waals surface area contributed by atoms with Gasteiger partial charge in [0.1, 0.15) is 17.2 Å². The molecule has 2 aromatic rings. The minimum Gasteiger partial charge on any atom is -0.477 e. The molecule has 5 nitrogen and oxygen atoms in total. The summed E-state index contributed by atoms with van der Waals surface area (Å²) in [5.74, 6) is -1.17. The molecule has 1 aromatic carbocycles. The van der Waals surface area contributed by atoms with Crippen LogP contribution in [-0.2, 0) is 0 Å². The number of carboxylic acid groups (broad SMARTS) is 1. The fourth-order valence-electron chi connectivity index (χ4n) is 1.64. The molecule has 0 atom stereocenters. The first-order valence-corrected chi connectivity index (χ1v) is 5.53. The number of nitrogens with zero attached hydrogens (tertiary/aromatic N) is 3. The van der Waals surface area contributed by atoms with Crippen LogP contribution in [0.3, 0.4) is 0 Å². The molecule has 0 radical (unpaired) electrons. The fraction of sp³-hybridized carbons (Fsp3) is 0.154. The molecule has 0 unspecified atom stereocenters. The Morgan fingerprint density at radius 2 is 2.00 bits per heavy atom. The van der Waals surface area contributed by atoms with Crippen molar-refractivity contribution in [2.45, 2.75) is 0 Å². The van der Waals surface area contributed by atoms with Gasteiger partial charge in [-0.25, -0.2) is 19.2 Å². The van der Waals surface area contributed by atoms with Crippen LogP contribution in [0.15, 0.2) is 30.5 Å². The highest BCUT2D eigenvalue weighted by Gasteiger charge is 2.17. The van der Waals surface area contributed by atoms with E-state index in [0.29, 0.717) is 0 Å². The molecule has 6 heteroatoms. The Kier molecular flexibility index (Phi) is 3.41. The molecule has 0 saturated heterocycles. The Morgan fingerprint density at radius 3 is 2.58 bits per heavy atom. The molecule has 0 spiro atoms. The summed E-state index contributed by atoms with van der Waals surface area (Å²) in [4.78, 5) is 20.6. The number of benzene rings is 1. The number of aromatic carboxylic acids is 1. The highest BCUT2D eigenvalue weighted by Crippen LogP contribution is 2.23. The van der Waals surface area contributed by atoms with Gasteiger partial charge in [0, 0.05) is 20.3 Å². The van der Waals surface area contributed by atoms with E-state index in [2.05, 4.69) is 9.97 Å². The van der Waals surface area contributed by atoms with Crippen molar-refractivity contribution in [2.75, 3.05) is 19.0 Å². The van der Waals surface area contributed by atoms with E-state index in [1.54, 1.807) is 37.2 Å². The predicted octanol–water partition coefficient (Wildman–Crippen LogP) is 2.05. The van der Waals surface area contributed by atoms with E-state index in [-0.39, 0.29) is 22.8 Å². The molecule has 0 aliphatic carbocycles. The molecule has 1 N–H and O–H groups in total. The number of halogens is 1. The number of hydrogen-bond donors (Lipinski definition) is 1. The first-order chi connectivity index (χ1) is 9.00. The van der Waals surface area contributed by atoms with Crippen LogP contribution >= 0.6 is 0 Å². The SMILES string of the molecule is CN(C)c1nc(-c2ccccc2F)ncc1C(=O)O. The third-order valence-corrected chi connectivity index (χ3v) is 2.54. The first-order valence-electron chi connectivity index (χ1n) is 5.53. The van der Waals surface area contributed by atoms with Crippen molar-refractivity contribution in [3.8, 4) is 11.4 Å². The zero-order chi connectivity index (χ0) is 14.0. The van der Waals surface area contributed by atoms with Gasteiger partial charge in [-0.05, 0) is 12.1 Å². The van der Waals surface area contributed by atoms with Gasteiger partial charge < -0.3 is 10.0 Å². The Balaban J connectivity index is 2.59. The van der Waals surface area contributed by atoms with Crippen LogP contribution in [0.5, 0.6) is 0 Å². The second kappa shape index (κ2) is 5.01. The van der Waals surface area contributed by atoms with Crippen molar-refractivity contribution in [3.05, 3.63) is 41.8 Å². The van der Waals surface area contributed by atoms with Crippen LogP contribution in [0.2, 0.25) is 0 Å². The van der Waals surface area contributed by atoms with Gasteiger partial charge in [0.2, 0.25) is 0 Å². The summed E-state index contributed by atoms with van der Waals surface area (Å²) in [7, 11) is 3.33.